The van der Waals surface area contributed by atoms with Crippen molar-refractivity contribution in [2.75, 3.05) is 36.5 Å². The molecule has 0 amide bonds. The van der Waals surface area contributed by atoms with E-state index in [2.05, 4.69) is 17.4 Å². The van der Waals surface area contributed by atoms with Gasteiger partial charge in [-0.3, -0.25) is 14.4 Å². The molecule has 0 atom stereocenters. The smallest absolute Gasteiger partial charge is 0.309 e. The molecule has 2 aromatic carbocycles. The van der Waals surface area contributed by atoms with Crippen LogP contribution < -0.4 is 21.1 Å². The SMILES string of the molecule is CCOC(=O)C1CCN(c2c(NCCCc3ccccc3)c(=O)c2=O)CC1. The number of ether oxygens (including phenoxy) is 1. The summed E-state index contributed by atoms with van der Waals surface area (Å²) in [5.41, 5.74) is 1.32. The molecule has 0 aliphatic carbocycles. The van der Waals surface area contributed by atoms with E-state index in [9.17, 15) is 14.4 Å². The summed E-state index contributed by atoms with van der Waals surface area (Å²) in [5, 5.41) is 3.15. The van der Waals surface area contributed by atoms with Crippen molar-refractivity contribution in [3.05, 3.63) is 56.3 Å². The Bertz CT molecular complexity index is 832. The average molecular weight is 370 g/mol. The van der Waals surface area contributed by atoms with E-state index in [0.29, 0.717) is 50.5 Å². The zero-order valence-electron chi connectivity index (χ0n) is 15.7. The summed E-state index contributed by atoms with van der Waals surface area (Å²) in [6.07, 6.45) is 3.09. The van der Waals surface area contributed by atoms with Gasteiger partial charge in [-0.05, 0) is 38.2 Å². The highest BCUT2D eigenvalue weighted by Crippen LogP contribution is 2.27. The monoisotopic (exact) mass is 370 g/mol. The van der Waals surface area contributed by atoms with Gasteiger partial charge < -0.3 is 15.0 Å². The zero-order chi connectivity index (χ0) is 19.2. The van der Waals surface area contributed by atoms with Gasteiger partial charge in [0.1, 0.15) is 11.4 Å². The number of nitrogens with zero attached hydrogens (tertiary/aromatic N) is 1. The number of rotatable bonds is 8. The summed E-state index contributed by atoms with van der Waals surface area (Å²) in [4.78, 5) is 37.8. The first-order valence-corrected chi connectivity index (χ1v) is 9.64. The number of anilines is 2. The molecule has 1 saturated heterocycles. The Kier molecular flexibility index (Phi) is 6.27. The lowest BCUT2D eigenvalue weighted by molar-refractivity contribution is -0.148. The number of hydrogen-bond donors (Lipinski definition) is 1. The van der Waals surface area contributed by atoms with Crippen LogP contribution in [0.3, 0.4) is 0 Å². The lowest BCUT2D eigenvalue weighted by Crippen LogP contribution is -2.46. The van der Waals surface area contributed by atoms with Crippen LogP contribution in [0, 0.1) is 5.92 Å². The first kappa shape index (κ1) is 19.1. The fourth-order valence-corrected chi connectivity index (χ4v) is 3.59. The Morgan fingerprint density at radius 2 is 1.85 bits per heavy atom. The summed E-state index contributed by atoms with van der Waals surface area (Å²) in [6, 6.07) is 10.2. The van der Waals surface area contributed by atoms with Crippen LogP contribution >= 0.6 is 0 Å². The number of benzene rings is 1. The minimum absolute atomic E-state index is 0.116. The van der Waals surface area contributed by atoms with E-state index >= 15 is 0 Å². The van der Waals surface area contributed by atoms with Crippen LogP contribution in [0.2, 0.25) is 0 Å². The van der Waals surface area contributed by atoms with Crippen molar-refractivity contribution < 1.29 is 9.53 Å². The van der Waals surface area contributed by atoms with Crippen molar-refractivity contribution >= 4 is 17.3 Å². The molecular formula is C21H26N2O4. The van der Waals surface area contributed by atoms with Crippen LogP contribution in [-0.2, 0) is 16.0 Å². The van der Waals surface area contributed by atoms with Gasteiger partial charge in [0.25, 0.3) is 10.9 Å². The number of esters is 1. The fourth-order valence-electron chi connectivity index (χ4n) is 3.59. The van der Waals surface area contributed by atoms with Crippen molar-refractivity contribution in [1.29, 1.82) is 0 Å². The summed E-state index contributed by atoms with van der Waals surface area (Å²) in [7, 11) is 0. The molecule has 1 aliphatic heterocycles. The molecule has 1 fully saturated rings. The second kappa shape index (κ2) is 8.84. The van der Waals surface area contributed by atoms with E-state index in [-0.39, 0.29) is 11.9 Å². The second-order valence-electron chi connectivity index (χ2n) is 6.91. The van der Waals surface area contributed by atoms with Crippen molar-refractivity contribution in [3.8, 4) is 0 Å². The number of nitrogens with one attached hydrogen (secondary N) is 1. The molecular weight excluding hydrogens is 344 g/mol. The van der Waals surface area contributed by atoms with Crippen LogP contribution in [0.15, 0.2) is 39.9 Å². The van der Waals surface area contributed by atoms with Crippen LogP contribution in [0.25, 0.3) is 0 Å². The van der Waals surface area contributed by atoms with Crippen LogP contribution in [0.4, 0.5) is 11.4 Å². The molecule has 27 heavy (non-hydrogen) atoms. The maximum atomic E-state index is 12.1. The standard InChI is InChI=1S/C21H26N2O4/c1-2-27-21(26)16-10-13-23(14-11-16)18-17(19(24)20(18)25)22-12-6-9-15-7-4-3-5-8-15/h3-5,7-8,16,22H,2,6,9-14H2,1H3. The second-order valence-corrected chi connectivity index (χ2v) is 6.91. The molecule has 0 spiro atoms. The molecule has 1 heterocycles. The van der Waals surface area contributed by atoms with E-state index in [4.69, 9.17) is 4.74 Å². The van der Waals surface area contributed by atoms with Crippen molar-refractivity contribution in [2.24, 2.45) is 5.92 Å². The normalized spacial score (nSPS) is 15.1. The first-order chi connectivity index (χ1) is 13.1. The lowest BCUT2D eigenvalue weighted by Gasteiger charge is -2.34. The van der Waals surface area contributed by atoms with Gasteiger partial charge in [0.05, 0.1) is 12.5 Å². The van der Waals surface area contributed by atoms with Gasteiger partial charge >= 0.3 is 5.97 Å². The van der Waals surface area contributed by atoms with Crippen LogP contribution in [-0.4, -0.2) is 32.2 Å². The minimum Gasteiger partial charge on any atom is -0.466 e. The molecule has 6 heteroatoms. The highest BCUT2D eigenvalue weighted by molar-refractivity contribution is 5.76. The van der Waals surface area contributed by atoms with Gasteiger partial charge in [-0.15, -0.1) is 0 Å². The predicted molar refractivity (Wildman–Crippen MR) is 106 cm³/mol. The van der Waals surface area contributed by atoms with E-state index < -0.39 is 10.9 Å². The van der Waals surface area contributed by atoms with Crippen molar-refractivity contribution in [3.63, 3.8) is 0 Å². The first-order valence-electron chi connectivity index (χ1n) is 9.64. The third-order valence-electron chi connectivity index (χ3n) is 5.10. The number of carbonyl (C=O) groups excluding carboxylic acids is 1. The Morgan fingerprint density at radius 3 is 2.52 bits per heavy atom. The molecule has 1 N–H and O–H groups in total. The number of hydrogen-bond acceptors (Lipinski definition) is 6. The Hall–Kier alpha value is -2.63. The number of carbonyl (C=O) groups is 1. The topological polar surface area (TPSA) is 75.7 Å². The largest absolute Gasteiger partial charge is 0.466 e. The van der Waals surface area contributed by atoms with Crippen molar-refractivity contribution in [1.82, 2.24) is 0 Å². The summed E-state index contributed by atoms with van der Waals surface area (Å²) in [5.74, 6) is -0.281. The molecule has 0 unspecified atom stereocenters. The molecule has 3 rings (SSSR count). The molecule has 0 aromatic heterocycles. The van der Waals surface area contributed by atoms with Gasteiger partial charge in [0.15, 0.2) is 0 Å². The average Bonchev–Trinajstić information content (AvgIpc) is 2.71. The summed E-state index contributed by atoms with van der Waals surface area (Å²) >= 11 is 0. The highest BCUT2D eigenvalue weighted by atomic mass is 16.5. The Labute approximate surface area is 158 Å². The molecule has 0 bridgehead atoms. The van der Waals surface area contributed by atoms with Gasteiger partial charge in [0, 0.05) is 19.6 Å². The van der Waals surface area contributed by atoms with E-state index in [1.54, 1.807) is 6.92 Å². The van der Waals surface area contributed by atoms with E-state index in [1.165, 1.54) is 5.56 Å². The number of piperidine rings is 1. The van der Waals surface area contributed by atoms with Crippen LogP contribution in [0.1, 0.15) is 31.7 Å². The summed E-state index contributed by atoms with van der Waals surface area (Å²) in [6.45, 7) is 4.01. The molecule has 144 valence electrons. The molecule has 6 nitrogen and oxygen atoms in total. The maximum Gasteiger partial charge on any atom is 0.309 e. The van der Waals surface area contributed by atoms with Crippen LogP contribution in [0.5, 0.6) is 0 Å². The third kappa shape index (κ3) is 4.38. The minimum atomic E-state index is -0.433. The molecule has 2 aromatic rings. The Morgan fingerprint density at radius 1 is 1.15 bits per heavy atom. The quantitative estimate of drug-likeness (QED) is 0.436. The van der Waals surface area contributed by atoms with Gasteiger partial charge in [-0.2, -0.15) is 0 Å². The summed E-state index contributed by atoms with van der Waals surface area (Å²) < 4.78 is 5.08. The maximum absolute atomic E-state index is 12.1. The molecule has 0 saturated carbocycles. The lowest BCUT2D eigenvalue weighted by atomic mass is 9.96. The van der Waals surface area contributed by atoms with E-state index in [1.807, 2.05) is 23.1 Å². The third-order valence-corrected chi connectivity index (χ3v) is 5.10. The highest BCUT2D eigenvalue weighted by Gasteiger charge is 2.31. The van der Waals surface area contributed by atoms with Gasteiger partial charge in [0.2, 0.25) is 0 Å². The predicted octanol–water partition coefficient (Wildman–Crippen LogP) is 2.11. The van der Waals surface area contributed by atoms with Gasteiger partial charge in [-0.1, -0.05) is 30.3 Å². The van der Waals surface area contributed by atoms with E-state index in [0.717, 1.165) is 12.8 Å². The fraction of sp³-hybridized carbons (Fsp3) is 0.476. The Balaban J connectivity index is 1.52. The molecule has 0 radical (unpaired) electrons. The van der Waals surface area contributed by atoms with Crippen molar-refractivity contribution in [2.45, 2.75) is 32.6 Å². The molecule has 1 aliphatic rings. The van der Waals surface area contributed by atoms with Gasteiger partial charge in [-0.25, -0.2) is 0 Å². The number of aryl methyl sites for hydroxylation is 1. The zero-order valence-corrected chi connectivity index (χ0v) is 15.7.